The molecule has 0 radical (unpaired) electrons. The van der Waals surface area contributed by atoms with Gasteiger partial charge in [0, 0.05) is 24.5 Å². The molecule has 0 aliphatic heterocycles. The fraction of sp³-hybridized carbons (Fsp3) is 0.500. The third-order valence-corrected chi connectivity index (χ3v) is 4.88. The molecule has 1 aromatic rings. The predicted molar refractivity (Wildman–Crippen MR) is 81.6 cm³/mol. The number of hydrogen-bond donors (Lipinski definition) is 2. The van der Waals surface area contributed by atoms with Gasteiger partial charge in [-0.25, -0.2) is 8.42 Å². The van der Waals surface area contributed by atoms with E-state index in [1.165, 1.54) is 0 Å². The molecule has 0 aliphatic carbocycles. The first-order valence-electron chi connectivity index (χ1n) is 6.63. The van der Waals surface area contributed by atoms with Crippen LogP contribution in [-0.4, -0.2) is 38.9 Å². The van der Waals surface area contributed by atoms with Gasteiger partial charge < -0.3 is 10.6 Å². The van der Waals surface area contributed by atoms with E-state index >= 15 is 0 Å². The van der Waals surface area contributed by atoms with Gasteiger partial charge in [0.15, 0.2) is 9.84 Å². The first-order valence-corrected chi connectivity index (χ1v) is 8.45. The minimum Gasteiger partial charge on any atom is -0.381 e. The lowest BCUT2D eigenvalue weighted by Crippen LogP contribution is -2.27. The van der Waals surface area contributed by atoms with Gasteiger partial charge in [0.25, 0.3) is 0 Å². The highest BCUT2D eigenvalue weighted by molar-refractivity contribution is 7.91. The topological polar surface area (TPSA) is 75.3 Å². The Morgan fingerprint density at radius 1 is 1.30 bits per heavy atom. The van der Waals surface area contributed by atoms with Crippen molar-refractivity contribution in [3.63, 3.8) is 0 Å². The van der Waals surface area contributed by atoms with E-state index in [4.69, 9.17) is 0 Å². The van der Waals surface area contributed by atoms with E-state index in [9.17, 15) is 13.2 Å². The molecule has 0 saturated carbocycles. The second-order valence-electron chi connectivity index (χ2n) is 4.75. The average molecular weight is 298 g/mol. The normalized spacial score (nSPS) is 12.8. The molecule has 0 fully saturated rings. The zero-order valence-electron chi connectivity index (χ0n) is 12.1. The lowest BCUT2D eigenvalue weighted by molar-refractivity contribution is -0.119. The molecule has 1 atom stereocenters. The van der Waals surface area contributed by atoms with E-state index < -0.39 is 9.84 Å². The molecule has 20 heavy (non-hydrogen) atoms. The average Bonchev–Trinajstić information content (AvgIpc) is 2.40. The Hall–Kier alpha value is -1.56. The number of hydrogen-bond acceptors (Lipinski definition) is 4. The largest absolute Gasteiger partial charge is 0.381 e. The summed E-state index contributed by atoms with van der Waals surface area (Å²) >= 11 is 0. The molecule has 1 rings (SSSR count). The Morgan fingerprint density at radius 3 is 2.55 bits per heavy atom. The van der Waals surface area contributed by atoms with Crippen molar-refractivity contribution in [2.75, 3.05) is 23.9 Å². The molecule has 0 saturated heterocycles. The molecule has 0 aromatic heterocycles. The number of anilines is 1. The second-order valence-corrected chi connectivity index (χ2v) is 7.15. The number of rotatable bonds is 7. The van der Waals surface area contributed by atoms with Crippen molar-refractivity contribution in [2.45, 2.75) is 26.3 Å². The molecule has 0 bridgehead atoms. The van der Waals surface area contributed by atoms with Crippen molar-refractivity contribution in [1.29, 1.82) is 0 Å². The van der Waals surface area contributed by atoms with Crippen molar-refractivity contribution in [2.24, 2.45) is 0 Å². The molecular weight excluding hydrogens is 276 g/mol. The minimum absolute atomic E-state index is 0.0758. The maximum Gasteiger partial charge on any atom is 0.224 e. The van der Waals surface area contributed by atoms with Gasteiger partial charge in [0.05, 0.1) is 12.2 Å². The molecule has 2 N–H and O–H groups in total. The molecule has 1 aromatic carbocycles. The molecule has 6 heteroatoms. The minimum atomic E-state index is -3.02. The monoisotopic (exact) mass is 298 g/mol. The molecule has 1 amide bonds. The van der Waals surface area contributed by atoms with Gasteiger partial charge in [-0.1, -0.05) is 25.1 Å². The first kappa shape index (κ1) is 16.5. The number of amides is 1. The number of benzene rings is 1. The third-order valence-electron chi connectivity index (χ3n) is 2.99. The second kappa shape index (κ2) is 7.28. The van der Waals surface area contributed by atoms with Crippen LogP contribution >= 0.6 is 0 Å². The van der Waals surface area contributed by atoms with E-state index in [-0.39, 0.29) is 29.9 Å². The lowest BCUT2D eigenvalue weighted by atomic mass is 10.1. The quantitative estimate of drug-likeness (QED) is 0.793. The Balaban J connectivity index is 2.79. The number of nitrogens with one attached hydrogen (secondary N) is 2. The standard InChI is InChI=1S/C14H22N2O3S/c1-4-20(18,19)10-11(2)16-13-8-6-5-7-12(13)9-14(17)15-3/h5-8,11,16H,4,9-10H2,1-3H3,(H,15,17). The number of carbonyl (C=O) groups is 1. The summed E-state index contributed by atoms with van der Waals surface area (Å²) in [4.78, 5) is 11.5. The van der Waals surface area contributed by atoms with Crippen LogP contribution in [0.4, 0.5) is 5.69 Å². The summed E-state index contributed by atoms with van der Waals surface area (Å²) in [6.07, 6.45) is 0.271. The maximum atomic E-state index is 11.6. The number of sulfone groups is 1. The Kier molecular flexibility index (Phi) is 6.01. The highest BCUT2D eigenvalue weighted by Gasteiger charge is 2.15. The molecule has 112 valence electrons. The summed E-state index contributed by atoms with van der Waals surface area (Å²) in [7, 11) is -1.43. The molecule has 1 unspecified atom stereocenters. The zero-order chi connectivity index (χ0) is 15.2. The Bertz CT molecular complexity index is 555. The van der Waals surface area contributed by atoms with Crippen LogP contribution in [0.5, 0.6) is 0 Å². The molecular formula is C14H22N2O3S. The lowest BCUT2D eigenvalue weighted by Gasteiger charge is -2.17. The Morgan fingerprint density at radius 2 is 1.95 bits per heavy atom. The highest BCUT2D eigenvalue weighted by Crippen LogP contribution is 2.17. The van der Waals surface area contributed by atoms with Crippen LogP contribution in [0.15, 0.2) is 24.3 Å². The summed E-state index contributed by atoms with van der Waals surface area (Å²) in [5.74, 6) is 0.143. The summed E-state index contributed by atoms with van der Waals surface area (Å²) < 4.78 is 23.2. The molecule has 0 heterocycles. The van der Waals surface area contributed by atoms with E-state index in [2.05, 4.69) is 10.6 Å². The summed E-state index contributed by atoms with van der Waals surface area (Å²) in [5.41, 5.74) is 1.66. The number of likely N-dealkylation sites (N-methyl/N-ethyl adjacent to an activating group) is 1. The predicted octanol–water partition coefficient (Wildman–Crippen LogP) is 1.21. The van der Waals surface area contributed by atoms with E-state index in [1.807, 2.05) is 31.2 Å². The SMILES string of the molecule is CCS(=O)(=O)CC(C)Nc1ccccc1CC(=O)NC. The van der Waals surface area contributed by atoms with Crippen LogP contribution in [0.25, 0.3) is 0 Å². The summed E-state index contributed by atoms with van der Waals surface area (Å²) in [6, 6.07) is 7.23. The van der Waals surface area contributed by atoms with Crippen LogP contribution in [0.3, 0.4) is 0 Å². The van der Waals surface area contributed by atoms with Crippen molar-refractivity contribution >= 4 is 21.4 Å². The number of carbonyl (C=O) groups excluding carboxylic acids is 1. The van der Waals surface area contributed by atoms with Crippen molar-refractivity contribution in [3.8, 4) is 0 Å². The van der Waals surface area contributed by atoms with Crippen LogP contribution in [0, 0.1) is 0 Å². The zero-order valence-corrected chi connectivity index (χ0v) is 13.0. The van der Waals surface area contributed by atoms with Gasteiger partial charge in [-0.15, -0.1) is 0 Å². The van der Waals surface area contributed by atoms with E-state index in [1.54, 1.807) is 14.0 Å². The molecule has 0 spiro atoms. The van der Waals surface area contributed by atoms with Gasteiger partial charge in [-0.05, 0) is 18.6 Å². The smallest absolute Gasteiger partial charge is 0.224 e. The first-order chi connectivity index (χ1) is 9.38. The third kappa shape index (κ3) is 5.21. The highest BCUT2D eigenvalue weighted by atomic mass is 32.2. The summed E-state index contributed by atoms with van der Waals surface area (Å²) in [6.45, 7) is 3.46. The number of para-hydroxylation sites is 1. The van der Waals surface area contributed by atoms with Gasteiger partial charge in [-0.3, -0.25) is 4.79 Å². The van der Waals surface area contributed by atoms with Crippen LogP contribution in [0.1, 0.15) is 19.4 Å². The fourth-order valence-corrected chi connectivity index (χ4v) is 2.96. The van der Waals surface area contributed by atoms with E-state index in [0.717, 1.165) is 11.3 Å². The maximum absolute atomic E-state index is 11.6. The van der Waals surface area contributed by atoms with Crippen molar-refractivity contribution in [3.05, 3.63) is 29.8 Å². The summed E-state index contributed by atoms with van der Waals surface area (Å²) in [5, 5.41) is 5.75. The molecule has 5 nitrogen and oxygen atoms in total. The van der Waals surface area contributed by atoms with Crippen LogP contribution < -0.4 is 10.6 Å². The van der Waals surface area contributed by atoms with E-state index in [0.29, 0.717) is 0 Å². The van der Waals surface area contributed by atoms with Gasteiger partial charge in [0.2, 0.25) is 5.91 Å². The van der Waals surface area contributed by atoms with Gasteiger partial charge in [-0.2, -0.15) is 0 Å². The van der Waals surface area contributed by atoms with Crippen molar-refractivity contribution < 1.29 is 13.2 Å². The Labute approximate surface area is 120 Å². The van der Waals surface area contributed by atoms with Gasteiger partial charge >= 0.3 is 0 Å². The van der Waals surface area contributed by atoms with Gasteiger partial charge in [0.1, 0.15) is 0 Å². The van der Waals surface area contributed by atoms with Crippen molar-refractivity contribution in [1.82, 2.24) is 5.32 Å². The molecule has 0 aliphatic rings. The van der Waals surface area contributed by atoms with Crippen LogP contribution in [0.2, 0.25) is 0 Å². The van der Waals surface area contributed by atoms with Crippen LogP contribution in [-0.2, 0) is 21.1 Å². The fourth-order valence-electron chi connectivity index (χ4n) is 1.88.